The lowest BCUT2D eigenvalue weighted by molar-refractivity contribution is -0.171. The molecule has 5 N–H and O–H groups in total. The SMILES string of the molecule is O=C(O)CCCCCCCC/C=C/C(=O)N[C@H]1C[C@@]2(O)C(=O)[C@H]([C@H](O)[C@@H]3O[C@@H]32)[C@H]1O. The Balaban J connectivity index is 1.36. The van der Waals surface area contributed by atoms with Crippen LogP contribution in [0, 0.1) is 5.92 Å². The molecule has 0 unspecified atom stereocenters. The van der Waals surface area contributed by atoms with Crippen LogP contribution < -0.4 is 5.32 Å². The van der Waals surface area contributed by atoms with E-state index in [0.29, 0.717) is 6.42 Å². The number of hydrogen-bond donors (Lipinski definition) is 5. The molecule has 9 heteroatoms. The van der Waals surface area contributed by atoms with Crippen molar-refractivity contribution in [1.29, 1.82) is 0 Å². The monoisotopic (exact) mass is 425 g/mol. The molecule has 3 aliphatic rings. The smallest absolute Gasteiger partial charge is 0.303 e. The predicted molar refractivity (Wildman–Crippen MR) is 104 cm³/mol. The number of ether oxygens (including phenoxy) is 1. The zero-order chi connectivity index (χ0) is 21.9. The summed E-state index contributed by atoms with van der Waals surface area (Å²) in [5.41, 5.74) is -1.78. The summed E-state index contributed by atoms with van der Waals surface area (Å²) in [5, 5.41) is 42.5. The minimum absolute atomic E-state index is 0.140. The van der Waals surface area contributed by atoms with Crippen molar-refractivity contribution in [3.8, 4) is 0 Å². The van der Waals surface area contributed by atoms with Crippen molar-refractivity contribution < 1.29 is 39.5 Å². The molecule has 3 fully saturated rings. The molecule has 0 spiro atoms. The average molecular weight is 425 g/mol. The van der Waals surface area contributed by atoms with E-state index >= 15 is 0 Å². The number of carboxylic acid groups (broad SMARTS) is 1. The van der Waals surface area contributed by atoms with Gasteiger partial charge in [0.15, 0.2) is 11.4 Å². The molecule has 30 heavy (non-hydrogen) atoms. The Morgan fingerprint density at radius 3 is 2.47 bits per heavy atom. The van der Waals surface area contributed by atoms with Crippen LogP contribution in [0.3, 0.4) is 0 Å². The highest BCUT2D eigenvalue weighted by Gasteiger charge is 2.72. The van der Waals surface area contributed by atoms with Gasteiger partial charge in [-0.15, -0.1) is 0 Å². The summed E-state index contributed by atoms with van der Waals surface area (Å²) >= 11 is 0. The summed E-state index contributed by atoms with van der Waals surface area (Å²) < 4.78 is 5.24. The standard InChI is InChI=1S/C21H31NO8/c23-13(9-7-5-3-1-2-4-6-8-10-14(24)25)22-12-11-21(29)19(28)15(16(12)26)17(27)18-20(21)30-18/h7,9,12,15-18,20,26-27,29H,1-6,8,10-11H2,(H,22,23)(H,24,25)/b9-7+/t12-,15-,16-,17-,18-,20-,21+/m0/s1. The number of rotatable bonds is 11. The van der Waals surface area contributed by atoms with E-state index in [1.54, 1.807) is 6.08 Å². The first-order chi connectivity index (χ1) is 14.3. The van der Waals surface area contributed by atoms with E-state index in [1.165, 1.54) is 6.08 Å². The molecule has 0 aromatic carbocycles. The van der Waals surface area contributed by atoms with Gasteiger partial charge in [0.25, 0.3) is 0 Å². The molecule has 7 atom stereocenters. The number of fused-ring (bicyclic) bond motifs is 4. The van der Waals surface area contributed by atoms with E-state index in [1.807, 2.05) is 0 Å². The van der Waals surface area contributed by atoms with Crippen LogP contribution in [0.25, 0.3) is 0 Å². The maximum atomic E-state index is 12.4. The van der Waals surface area contributed by atoms with Gasteiger partial charge in [-0.05, 0) is 25.3 Å². The summed E-state index contributed by atoms with van der Waals surface area (Å²) in [4.78, 5) is 35.0. The second-order valence-electron chi connectivity index (χ2n) is 8.59. The zero-order valence-electron chi connectivity index (χ0n) is 16.9. The molecule has 0 aromatic rings. The molecule has 2 aliphatic carbocycles. The number of unbranched alkanes of at least 4 members (excludes halogenated alkanes) is 6. The topological polar surface area (TPSA) is 157 Å². The number of nitrogens with one attached hydrogen (secondary N) is 1. The number of epoxide rings is 1. The number of allylic oxidation sites excluding steroid dienone is 1. The molecule has 1 aliphatic heterocycles. The zero-order valence-corrected chi connectivity index (χ0v) is 16.9. The van der Waals surface area contributed by atoms with Crippen molar-refractivity contribution in [1.82, 2.24) is 5.32 Å². The van der Waals surface area contributed by atoms with E-state index in [-0.39, 0.29) is 12.8 Å². The lowest BCUT2D eigenvalue weighted by Crippen LogP contribution is -2.69. The summed E-state index contributed by atoms with van der Waals surface area (Å²) in [6.45, 7) is 0. The number of aliphatic hydroxyl groups is 3. The Labute approximate surface area is 175 Å². The Hall–Kier alpha value is -1.81. The molecule has 1 saturated heterocycles. The van der Waals surface area contributed by atoms with Gasteiger partial charge in [0.2, 0.25) is 5.91 Å². The van der Waals surface area contributed by atoms with E-state index < -0.39 is 59.6 Å². The maximum Gasteiger partial charge on any atom is 0.303 e. The van der Waals surface area contributed by atoms with Crippen molar-refractivity contribution in [3.05, 3.63) is 12.2 Å². The van der Waals surface area contributed by atoms with Crippen molar-refractivity contribution in [2.24, 2.45) is 5.92 Å². The molecule has 168 valence electrons. The molecule has 0 aromatic heterocycles. The molecular formula is C21H31NO8. The summed E-state index contributed by atoms with van der Waals surface area (Å²) in [6.07, 6.45) is 5.58. The van der Waals surface area contributed by atoms with Gasteiger partial charge in [-0.3, -0.25) is 14.4 Å². The van der Waals surface area contributed by atoms with Crippen molar-refractivity contribution in [2.75, 3.05) is 0 Å². The number of ketones is 1. The third-order valence-electron chi connectivity index (χ3n) is 6.35. The quantitative estimate of drug-likeness (QED) is 0.177. The van der Waals surface area contributed by atoms with Gasteiger partial charge in [0.05, 0.1) is 24.2 Å². The van der Waals surface area contributed by atoms with Gasteiger partial charge in [-0.2, -0.15) is 0 Å². The second kappa shape index (κ2) is 9.55. The molecule has 3 rings (SSSR count). The number of Topliss-reactive ketones (excluding diaryl/α,β-unsaturated/α-hetero) is 1. The summed E-state index contributed by atoms with van der Waals surface area (Å²) in [7, 11) is 0. The summed E-state index contributed by atoms with van der Waals surface area (Å²) in [5.74, 6) is -2.97. The number of carbonyl (C=O) groups excluding carboxylic acids is 2. The van der Waals surface area contributed by atoms with E-state index in [0.717, 1.165) is 38.5 Å². The third-order valence-corrected chi connectivity index (χ3v) is 6.35. The lowest BCUT2D eigenvalue weighted by Gasteiger charge is -2.46. The maximum absolute atomic E-state index is 12.4. The van der Waals surface area contributed by atoms with Crippen molar-refractivity contribution >= 4 is 17.7 Å². The van der Waals surface area contributed by atoms with Crippen LogP contribution in [-0.4, -0.2) is 74.1 Å². The molecular weight excluding hydrogens is 394 g/mol. The van der Waals surface area contributed by atoms with Gasteiger partial charge in [-0.1, -0.05) is 31.8 Å². The Bertz CT molecular complexity index is 694. The highest BCUT2D eigenvalue weighted by molar-refractivity contribution is 5.95. The number of aliphatic hydroxyl groups excluding tert-OH is 2. The van der Waals surface area contributed by atoms with Crippen LogP contribution >= 0.6 is 0 Å². The highest BCUT2D eigenvalue weighted by atomic mass is 16.6. The fourth-order valence-corrected chi connectivity index (χ4v) is 4.64. The first-order valence-electron chi connectivity index (χ1n) is 10.7. The van der Waals surface area contributed by atoms with Gasteiger partial charge >= 0.3 is 5.97 Å². The number of amides is 1. The molecule has 2 bridgehead atoms. The molecule has 1 heterocycles. The minimum Gasteiger partial charge on any atom is -0.481 e. The van der Waals surface area contributed by atoms with Crippen LogP contribution in [0.5, 0.6) is 0 Å². The third kappa shape index (κ3) is 4.91. The molecule has 2 saturated carbocycles. The van der Waals surface area contributed by atoms with E-state index in [2.05, 4.69) is 5.32 Å². The fraction of sp³-hybridized carbons (Fsp3) is 0.762. The second-order valence-corrected chi connectivity index (χ2v) is 8.59. The Morgan fingerprint density at radius 2 is 1.77 bits per heavy atom. The van der Waals surface area contributed by atoms with Gasteiger partial charge < -0.3 is 30.5 Å². The number of carboxylic acids is 1. The largest absolute Gasteiger partial charge is 0.481 e. The Kier molecular flexibility index (Phi) is 7.28. The molecule has 1 amide bonds. The molecule has 9 nitrogen and oxygen atoms in total. The number of hydrogen-bond acceptors (Lipinski definition) is 7. The fourth-order valence-electron chi connectivity index (χ4n) is 4.64. The van der Waals surface area contributed by atoms with Crippen LogP contribution in [0.1, 0.15) is 57.8 Å². The van der Waals surface area contributed by atoms with Gasteiger partial charge in [0, 0.05) is 12.8 Å². The number of carbonyl (C=O) groups is 3. The van der Waals surface area contributed by atoms with Crippen molar-refractivity contribution in [3.63, 3.8) is 0 Å². The van der Waals surface area contributed by atoms with E-state index in [4.69, 9.17) is 9.84 Å². The minimum atomic E-state index is -1.78. The first kappa shape index (κ1) is 22.9. The van der Waals surface area contributed by atoms with Crippen LogP contribution in [-0.2, 0) is 19.1 Å². The predicted octanol–water partition coefficient (Wildman–Crippen LogP) is 0.0557. The van der Waals surface area contributed by atoms with E-state index in [9.17, 15) is 29.7 Å². The average Bonchev–Trinajstić information content (AvgIpc) is 3.48. The van der Waals surface area contributed by atoms with Crippen LogP contribution in [0.4, 0.5) is 0 Å². The van der Waals surface area contributed by atoms with Crippen molar-refractivity contribution in [2.45, 2.75) is 93.8 Å². The van der Waals surface area contributed by atoms with Gasteiger partial charge in [0.1, 0.15) is 12.2 Å². The number of aliphatic carboxylic acids is 1. The lowest BCUT2D eigenvalue weighted by atomic mass is 9.64. The molecule has 0 radical (unpaired) electrons. The first-order valence-corrected chi connectivity index (χ1v) is 10.7. The summed E-state index contributed by atoms with van der Waals surface area (Å²) in [6, 6.07) is -0.847. The normalized spacial score (nSPS) is 37.1. The van der Waals surface area contributed by atoms with Gasteiger partial charge in [-0.25, -0.2) is 0 Å². The Morgan fingerprint density at radius 1 is 1.10 bits per heavy atom. The van der Waals surface area contributed by atoms with Crippen LogP contribution in [0.2, 0.25) is 0 Å². The highest BCUT2D eigenvalue weighted by Crippen LogP contribution is 2.50. The van der Waals surface area contributed by atoms with Crippen LogP contribution in [0.15, 0.2) is 12.2 Å².